The van der Waals surface area contributed by atoms with Gasteiger partial charge in [-0.15, -0.1) is 24.0 Å². The molecule has 3 saturated heterocycles. The molecule has 0 bridgehead atoms. The van der Waals surface area contributed by atoms with Gasteiger partial charge in [0.05, 0.1) is 5.69 Å². The van der Waals surface area contributed by atoms with Crippen molar-refractivity contribution < 1.29 is 4.39 Å². The number of likely N-dealkylation sites (tertiary alicyclic amines) is 2. The monoisotopic (exact) mass is 572 g/mol. The zero-order valence-electron chi connectivity index (χ0n) is 20.2. The lowest BCUT2D eigenvalue weighted by molar-refractivity contribution is 0.198. The maximum atomic E-state index is 14.0. The van der Waals surface area contributed by atoms with Crippen molar-refractivity contribution >= 4 is 35.6 Å². The van der Waals surface area contributed by atoms with Gasteiger partial charge < -0.3 is 20.0 Å². The first-order chi connectivity index (χ1) is 15.7. The van der Waals surface area contributed by atoms with Crippen molar-refractivity contribution in [2.24, 2.45) is 10.9 Å². The maximum absolute atomic E-state index is 14.0. The third kappa shape index (κ3) is 7.68. The number of guanidine groups is 1. The van der Waals surface area contributed by atoms with E-state index in [1.165, 1.54) is 45.3 Å². The van der Waals surface area contributed by atoms with Gasteiger partial charge in [-0.1, -0.05) is 18.6 Å². The molecule has 1 N–H and O–H groups in total. The Labute approximate surface area is 216 Å². The summed E-state index contributed by atoms with van der Waals surface area (Å²) in [6.07, 6.45) is 6.54. The summed E-state index contributed by atoms with van der Waals surface area (Å²) in [4.78, 5) is 14.3. The van der Waals surface area contributed by atoms with Gasteiger partial charge in [-0.25, -0.2) is 4.39 Å². The molecule has 0 amide bonds. The molecule has 1 atom stereocenters. The van der Waals surface area contributed by atoms with Gasteiger partial charge in [0.1, 0.15) is 5.82 Å². The quantitative estimate of drug-likeness (QED) is 0.235. The normalized spacial score (nSPS) is 23.0. The minimum atomic E-state index is -0.114. The molecule has 1 aromatic rings. The molecule has 3 heterocycles. The molecule has 0 aromatic heterocycles. The number of para-hydroxylation sites is 1. The van der Waals surface area contributed by atoms with Crippen molar-refractivity contribution in [2.75, 3.05) is 83.9 Å². The number of nitrogens with one attached hydrogen (secondary N) is 1. The van der Waals surface area contributed by atoms with Crippen LogP contribution in [-0.4, -0.2) is 99.7 Å². The SMILES string of the molecule is CN=C(NCCCN1CCN(c2ccccc2F)CC1)N1CCC(CN2CCCCC2)C1.I. The first kappa shape index (κ1) is 26.5. The molecule has 33 heavy (non-hydrogen) atoms. The van der Waals surface area contributed by atoms with Crippen LogP contribution in [0.15, 0.2) is 29.3 Å². The molecule has 0 aliphatic carbocycles. The van der Waals surface area contributed by atoms with Crippen LogP contribution in [-0.2, 0) is 0 Å². The van der Waals surface area contributed by atoms with E-state index < -0.39 is 0 Å². The minimum absolute atomic E-state index is 0. The van der Waals surface area contributed by atoms with Crippen LogP contribution in [0.25, 0.3) is 0 Å². The molecule has 4 rings (SSSR count). The molecule has 1 aromatic carbocycles. The molecule has 0 saturated carbocycles. The fraction of sp³-hybridized carbons (Fsp3) is 0.720. The van der Waals surface area contributed by atoms with E-state index >= 15 is 0 Å². The van der Waals surface area contributed by atoms with Crippen LogP contribution in [0.1, 0.15) is 32.1 Å². The molecular weight excluding hydrogens is 530 g/mol. The third-order valence-electron chi connectivity index (χ3n) is 7.26. The van der Waals surface area contributed by atoms with E-state index in [0.717, 1.165) is 76.3 Å². The van der Waals surface area contributed by atoms with Gasteiger partial charge in [-0.05, 0) is 63.4 Å². The Hall–Kier alpha value is -1.13. The van der Waals surface area contributed by atoms with Crippen molar-refractivity contribution in [1.29, 1.82) is 0 Å². The number of hydrogen-bond acceptors (Lipinski definition) is 4. The molecule has 1 unspecified atom stereocenters. The summed E-state index contributed by atoms with van der Waals surface area (Å²) >= 11 is 0. The summed E-state index contributed by atoms with van der Waals surface area (Å²) < 4.78 is 14.0. The summed E-state index contributed by atoms with van der Waals surface area (Å²) in [5.74, 6) is 1.73. The largest absolute Gasteiger partial charge is 0.367 e. The Kier molecular flexibility index (Phi) is 11.0. The molecule has 3 aliphatic rings. The van der Waals surface area contributed by atoms with Gasteiger partial charge in [0, 0.05) is 59.4 Å². The fourth-order valence-electron chi connectivity index (χ4n) is 5.44. The molecule has 3 aliphatic heterocycles. The van der Waals surface area contributed by atoms with E-state index in [9.17, 15) is 4.39 Å². The highest BCUT2D eigenvalue weighted by atomic mass is 127. The predicted octanol–water partition coefficient (Wildman–Crippen LogP) is 3.34. The number of piperidine rings is 1. The number of aliphatic imine (C=N–C) groups is 1. The van der Waals surface area contributed by atoms with Crippen molar-refractivity contribution in [2.45, 2.75) is 32.1 Å². The first-order valence-electron chi connectivity index (χ1n) is 12.6. The van der Waals surface area contributed by atoms with Crippen LogP contribution >= 0.6 is 24.0 Å². The Morgan fingerprint density at radius 2 is 1.76 bits per heavy atom. The fourth-order valence-corrected chi connectivity index (χ4v) is 5.44. The highest BCUT2D eigenvalue weighted by molar-refractivity contribution is 14.0. The highest BCUT2D eigenvalue weighted by Crippen LogP contribution is 2.21. The van der Waals surface area contributed by atoms with Gasteiger partial charge in [0.2, 0.25) is 0 Å². The minimum Gasteiger partial charge on any atom is -0.367 e. The van der Waals surface area contributed by atoms with Gasteiger partial charge in [-0.2, -0.15) is 0 Å². The summed E-state index contributed by atoms with van der Waals surface area (Å²) in [7, 11) is 1.90. The maximum Gasteiger partial charge on any atom is 0.193 e. The van der Waals surface area contributed by atoms with E-state index in [1.807, 2.05) is 19.2 Å². The molecule has 0 radical (unpaired) electrons. The second kappa shape index (κ2) is 13.7. The van der Waals surface area contributed by atoms with E-state index in [0.29, 0.717) is 0 Å². The van der Waals surface area contributed by atoms with Crippen LogP contribution in [0.4, 0.5) is 10.1 Å². The Morgan fingerprint density at radius 1 is 1.00 bits per heavy atom. The standard InChI is InChI=1S/C25H41FN6.HI/c1-27-25(32-15-10-22(21-32)20-30-12-5-2-6-13-30)28-11-7-14-29-16-18-31(19-17-29)24-9-4-3-8-23(24)26;/h3-4,8-9,22H,2,5-7,10-21H2,1H3,(H,27,28);1H. The van der Waals surface area contributed by atoms with E-state index in [4.69, 9.17) is 0 Å². The van der Waals surface area contributed by atoms with Crippen molar-refractivity contribution in [3.63, 3.8) is 0 Å². The van der Waals surface area contributed by atoms with E-state index in [-0.39, 0.29) is 29.8 Å². The van der Waals surface area contributed by atoms with Gasteiger partial charge in [-0.3, -0.25) is 9.89 Å². The molecular formula is C25H42FIN6. The van der Waals surface area contributed by atoms with Crippen molar-refractivity contribution in [3.8, 4) is 0 Å². The number of nitrogens with zero attached hydrogens (tertiary/aromatic N) is 5. The summed E-state index contributed by atoms with van der Waals surface area (Å²) in [5, 5.41) is 3.59. The Balaban J connectivity index is 0.00000306. The molecule has 6 nitrogen and oxygen atoms in total. The van der Waals surface area contributed by atoms with Crippen molar-refractivity contribution in [1.82, 2.24) is 20.0 Å². The molecule has 3 fully saturated rings. The van der Waals surface area contributed by atoms with Crippen LogP contribution in [0.3, 0.4) is 0 Å². The predicted molar refractivity (Wildman–Crippen MR) is 146 cm³/mol. The topological polar surface area (TPSA) is 37.4 Å². The zero-order valence-corrected chi connectivity index (χ0v) is 22.6. The second-order valence-electron chi connectivity index (χ2n) is 9.57. The van der Waals surface area contributed by atoms with E-state index in [2.05, 4.69) is 29.9 Å². The summed E-state index contributed by atoms with van der Waals surface area (Å²) in [6.45, 7) is 11.9. The van der Waals surface area contributed by atoms with Crippen molar-refractivity contribution in [3.05, 3.63) is 30.1 Å². The van der Waals surface area contributed by atoms with Crippen LogP contribution < -0.4 is 10.2 Å². The van der Waals surface area contributed by atoms with Gasteiger partial charge in [0.25, 0.3) is 0 Å². The Bertz CT molecular complexity index is 733. The molecule has 8 heteroatoms. The van der Waals surface area contributed by atoms with Crippen LogP contribution in [0.2, 0.25) is 0 Å². The van der Waals surface area contributed by atoms with Crippen LogP contribution in [0.5, 0.6) is 0 Å². The highest BCUT2D eigenvalue weighted by Gasteiger charge is 2.27. The molecule has 0 spiro atoms. The first-order valence-corrected chi connectivity index (χ1v) is 12.6. The third-order valence-corrected chi connectivity index (χ3v) is 7.26. The van der Waals surface area contributed by atoms with E-state index in [1.54, 1.807) is 12.1 Å². The number of anilines is 1. The number of piperazine rings is 1. The number of hydrogen-bond donors (Lipinski definition) is 1. The lowest BCUT2D eigenvalue weighted by atomic mass is 10.1. The summed E-state index contributed by atoms with van der Waals surface area (Å²) in [5.41, 5.74) is 0.738. The number of halogens is 2. The summed E-state index contributed by atoms with van der Waals surface area (Å²) in [6, 6.07) is 7.11. The lowest BCUT2D eigenvalue weighted by Crippen LogP contribution is -2.47. The lowest BCUT2D eigenvalue weighted by Gasteiger charge is -2.36. The van der Waals surface area contributed by atoms with Crippen LogP contribution in [0, 0.1) is 11.7 Å². The Morgan fingerprint density at radius 3 is 2.48 bits per heavy atom. The van der Waals surface area contributed by atoms with Gasteiger partial charge >= 0.3 is 0 Å². The number of rotatable bonds is 7. The smallest absolute Gasteiger partial charge is 0.193 e. The zero-order chi connectivity index (χ0) is 22.2. The average Bonchev–Trinajstić information content (AvgIpc) is 3.29. The molecule has 186 valence electrons. The average molecular weight is 573 g/mol. The number of benzene rings is 1. The second-order valence-corrected chi connectivity index (χ2v) is 9.57. The van der Waals surface area contributed by atoms with Gasteiger partial charge in [0.15, 0.2) is 5.96 Å².